The Morgan fingerprint density at radius 3 is 2.63 bits per heavy atom. The maximum absolute atomic E-state index is 12.6. The first kappa shape index (κ1) is 24.7. The van der Waals surface area contributed by atoms with E-state index >= 15 is 0 Å². The maximum atomic E-state index is 12.6. The number of furan rings is 1. The van der Waals surface area contributed by atoms with Crippen molar-refractivity contribution < 1.29 is 18.7 Å². The van der Waals surface area contributed by atoms with Crippen molar-refractivity contribution in [2.24, 2.45) is 10.1 Å². The molecule has 0 radical (unpaired) electrons. The number of carbonyl (C=O) groups excluding carboxylic acids is 2. The summed E-state index contributed by atoms with van der Waals surface area (Å²) >= 11 is 1.36. The third kappa shape index (κ3) is 5.79. The van der Waals surface area contributed by atoms with Gasteiger partial charge in [0.25, 0.3) is 5.91 Å². The normalized spacial score (nSPS) is 16.4. The molecule has 0 saturated carbocycles. The van der Waals surface area contributed by atoms with Crippen LogP contribution in [0.15, 0.2) is 56.5 Å². The first-order chi connectivity index (χ1) is 17.0. The molecule has 0 atom stereocenters. The zero-order valence-corrected chi connectivity index (χ0v) is 20.7. The van der Waals surface area contributed by atoms with Gasteiger partial charge < -0.3 is 9.15 Å². The highest BCUT2D eigenvalue weighted by atomic mass is 32.2. The number of aliphatic imine (C=N–C) groups is 1. The van der Waals surface area contributed by atoms with Crippen LogP contribution in [0.2, 0.25) is 0 Å². The van der Waals surface area contributed by atoms with Gasteiger partial charge in [-0.3, -0.25) is 10.2 Å². The molecule has 1 aromatic carbocycles. The van der Waals surface area contributed by atoms with E-state index in [0.29, 0.717) is 28.9 Å². The molecule has 0 spiro atoms. The summed E-state index contributed by atoms with van der Waals surface area (Å²) in [5, 5.41) is 15.8. The van der Waals surface area contributed by atoms with Gasteiger partial charge in [0.05, 0.1) is 17.7 Å². The number of carbonyl (C=O) groups is 2. The van der Waals surface area contributed by atoms with E-state index in [2.05, 4.69) is 17.0 Å². The molecule has 2 aliphatic rings. The number of nitrogens with zero attached hydrogens (tertiary/aromatic N) is 3. The molecule has 0 fully saturated rings. The number of thioether (sulfide) groups is 1. The Morgan fingerprint density at radius 2 is 1.89 bits per heavy atom. The van der Waals surface area contributed by atoms with E-state index < -0.39 is 5.91 Å². The average molecular weight is 493 g/mol. The van der Waals surface area contributed by atoms with Gasteiger partial charge in [-0.05, 0) is 61.9 Å². The van der Waals surface area contributed by atoms with Crippen molar-refractivity contribution in [1.29, 1.82) is 5.41 Å². The first-order valence-corrected chi connectivity index (χ1v) is 12.7. The number of ether oxygens (including phenoxy) is 1. The van der Waals surface area contributed by atoms with Crippen LogP contribution in [0.4, 0.5) is 0 Å². The fourth-order valence-electron chi connectivity index (χ4n) is 3.73. The second-order valence-electron chi connectivity index (χ2n) is 8.18. The van der Waals surface area contributed by atoms with E-state index in [-0.39, 0.29) is 17.4 Å². The number of amides is 1. The number of hydrogen-bond donors (Lipinski definition) is 1. The number of esters is 1. The molecule has 0 saturated heterocycles. The van der Waals surface area contributed by atoms with Crippen LogP contribution in [0.1, 0.15) is 68.5 Å². The van der Waals surface area contributed by atoms with Crippen LogP contribution in [0, 0.1) is 5.41 Å². The van der Waals surface area contributed by atoms with E-state index in [9.17, 15) is 9.59 Å². The molecule has 0 unspecified atom stereocenters. The van der Waals surface area contributed by atoms with Crippen LogP contribution in [0.5, 0.6) is 0 Å². The molecular weight excluding hydrogens is 464 g/mol. The summed E-state index contributed by atoms with van der Waals surface area (Å²) in [6, 6.07) is 10.4. The molecule has 1 aromatic heterocycles. The molecule has 2 aromatic rings. The van der Waals surface area contributed by atoms with E-state index in [4.69, 9.17) is 14.6 Å². The summed E-state index contributed by atoms with van der Waals surface area (Å²) in [6.07, 6.45) is 8.17. The van der Waals surface area contributed by atoms with Gasteiger partial charge >= 0.3 is 5.97 Å². The lowest BCUT2D eigenvalue weighted by Crippen LogP contribution is -2.35. The smallest absolute Gasteiger partial charge is 0.338 e. The average Bonchev–Trinajstić information content (AvgIpc) is 3.49. The largest absolute Gasteiger partial charge is 0.462 e. The number of hydrogen-bond acceptors (Lipinski definition) is 7. The minimum absolute atomic E-state index is 0.00905. The summed E-state index contributed by atoms with van der Waals surface area (Å²) in [5.74, 6) is 0.134. The second-order valence-corrected chi connectivity index (χ2v) is 9.22. The predicted octanol–water partition coefficient (Wildman–Crippen LogP) is 6.10. The zero-order chi connectivity index (χ0) is 24.8. The van der Waals surface area contributed by atoms with Gasteiger partial charge in [-0.2, -0.15) is 15.1 Å². The standard InChI is InChI=1S/C26H28N4O4S/c1-3-5-6-7-8-9-22-29-30-23(27)20(24(31)28-26(30)35-22)16-19-14-15-21(34-19)17-10-12-18(13-11-17)25(32)33-4-2/h10-16,27H,3-9H2,1-2H3/b20-16-,27-23?. The molecule has 3 heterocycles. The van der Waals surface area contributed by atoms with Crippen molar-refractivity contribution >= 4 is 45.8 Å². The van der Waals surface area contributed by atoms with Crippen molar-refractivity contribution in [2.45, 2.75) is 52.4 Å². The van der Waals surface area contributed by atoms with Crippen molar-refractivity contribution in [3.8, 4) is 11.3 Å². The number of unbranched alkanes of at least 4 members (excludes halogenated alkanes) is 4. The fraction of sp³-hybridized carbons (Fsp3) is 0.346. The number of fused-ring (bicyclic) bond motifs is 1. The van der Waals surface area contributed by atoms with Gasteiger partial charge in [-0.1, -0.05) is 44.7 Å². The Balaban J connectivity index is 1.45. The lowest BCUT2D eigenvalue weighted by atomic mass is 10.1. The van der Waals surface area contributed by atoms with E-state index in [1.165, 1.54) is 42.1 Å². The summed E-state index contributed by atoms with van der Waals surface area (Å²) in [6.45, 7) is 4.27. The Bertz CT molecular complexity index is 1210. The van der Waals surface area contributed by atoms with E-state index in [0.717, 1.165) is 29.9 Å². The number of benzene rings is 1. The molecule has 9 heteroatoms. The first-order valence-electron chi connectivity index (χ1n) is 11.9. The van der Waals surface area contributed by atoms with E-state index in [1.807, 2.05) is 0 Å². The van der Waals surface area contributed by atoms with Gasteiger partial charge in [0.15, 0.2) is 5.84 Å². The number of rotatable bonds is 10. The van der Waals surface area contributed by atoms with Gasteiger partial charge in [0.1, 0.15) is 16.6 Å². The summed E-state index contributed by atoms with van der Waals surface area (Å²) < 4.78 is 10.9. The number of amidine groups is 2. The van der Waals surface area contributed by atoms with Crippen LogP contribution in [-0.4, -0.2) is 39.5 Å². The molecule has 0 aliphatic carbocycles. The van der Waals surface area contributed by atoms with Crippen molar-refractivity contribution in [3.05, 3.63) is 53.3 Å². The fourth-order valence-corrected chi connectivity index (χ4v) is 4.65. The Hall–Kier alpha value is -3.46. The van der Waals surface area contributed by atoms with Crippen molar-refractivity contribution in [3.63, 3.8) is 0 Å². The molecule has 4 rings (SSSR count). The van der Waals surface area contributed by atoms with Crippen LogP contribution < -0.4 is 0 Å². The maximum Gasteiger partial charge on any atom is 0.338 e. The third-order valence-corrected chi connectivity index (χ3v) is 6.55. The molecule has 0 bridgehead atoms. The minimum Gasteiger partial charge on any atom is -0.462 e. The summed E-state index contributed by atoms with van der Waals surface area (Å²) in [4.78, 5) is 28.6. The third-order valence-electron chi connectivity index (χ3n) is 5.58. The molecule has 1 amide bonds. The summed E-state index contributed by atoms with van der Waals surface area (Å²) in [5.41, 5.74) is 1.36. The monoisotopic (exact) mass is 492 g/mol. The Labute approximate surface area is 208 Å². The highest BCUT2D eigenvalue weighted by Gasteiger charge is 2.35. The summed E-state index contributed by atoms with van der Waals surface area (Å²) in [7, 11) is 0. The van der Waals surface area contributed by atoms with Crippen molar-refractivity contribution in [2.75, 3.05) is 6.61 Å². The highest BCUT2D eigenvalue weighted by molar-refractivity contribution is 8.26. The zero-order valence-electron chi connectivity index (χ0n) is 19.9. The van der Waals surface area contributed by atoms with Gasteiger partial charge in [0.2, 0.25) is 5.17 Å². The van der Waals surface area contributed by atoms with Gasteiger partial charge in [0, 0.05) is 5.56 Å². The van der Waals surface area contributed by atoms with Crippen molar-refractivity contribution in [1.82, 2.24) is 5.01 Å². The van der Waals surface area contributed by atoms with Gasteiger partial charge in [-0.15, -0.1) is 0 Å². The van der Waals surface area contributed by atoms with Gasteiger partial charge in [-0.25, -0.2) is 4.79 Å². The lowest BCUT2D eigenvalue weighted by molar-refractivity contribution is -0.114. The highest BCUT2D eigenvalue weighted by Crippen LogP contribution is 2.31. The topological polar surface area (TPSA) is 108 Å². The van der Waals surface area contributed by atoms with Crippen LogP contribution in [0.3, 0.4) is 0 Å². The SMILES string of the molecule is CCCCCCCC1=NN2C(=N)/C(=C/c3ccc(-c4ccc(C(=O)OCC)cc4)o3)C(=O)N=C2S1. The minimum atomic E-state index is -0.482. The van der Waals surface area contributed by atoms with Crippen LogP contribution >= 0.6 is 11.8 Å². The molecule has 35 heavy (non-hydrogen) atoms. The predicted molar refractivity (Wildman–Crippen MR) is 138 cm³/mol. The molecule has 8 nitrogen and oxygen atoms in total. The Kier molecular flexibility index (Phi) is 7.97. The van der Waals surface area contributed by atoms with Crippen LogP contribution in [-0.2, 0) is 9.53 Å². The molecule has 182 valence electrons. The second kappa shape index (κ2) is 11.3. The number of nitrogens with one attached hydrogen (secondary N) is 1. The molecular formula is C26H28N4O4S. The quantitative estimate of drug-likeness (QED) is 0.244. The molecule has 1 N–H and O–H groups in total. The Morgan fingerprint density at radius 1 is 1.11 bits per heavy atom. The number of hydrazone groups is 1. The van der Waals surface area contributed by atoms with Crippen LogP contribution in [0.25, 0.3) is 17.4 Å². The van der Waals surface area contributed by atoms with E-state index in [1.54, 1.807) is 43.3 Å². The lowest BCUT2D eigenvalue weighted by Gasteiger charge is -2.19. The molecule has 2 aliphatic heterocycles.